The minimum Gasteiger partial charge on any atom is -0.386 e. The van der Waals surface area contributed by atoms with E-state index in [1.165, 1.54) is 12.1 Å². The second-order valence-corrected chi connectivity index (χ2v) is 5.76. The third kappa shape index (κ3) is 4.14. The standard InChI is InChI=1S/C18H17F3N2O/c19-18(20,21)15-8-4-5-13(9-15)11-22-12-16-10-17(23-24-16)14-6-2-1-3-7-14/h1-9,16,22H,10-12H2/p+1/t16-/m0/s1. The number of nitrogens with two attached hydrogens (primary N) is 1. The Labute approximate surface area is 138 Å². The molecule has 1 atom stereocenters. The maximum Gasteiger partial charge on any atom is 0.416 e. The van der Waals surface area contributed by atoms with Gasteiger partial charge in [-0.25, -0.2) is 0 Å². The van der Waals surface area contributed by atoms with Crippen LogP contribution in [-0.4, -0.2) is 18.4 Å². The predicted molar refractivity (Wildman–Crippen MR) is 84.4 cm³/mol. The summed E-state index contributed by atoms with van der Waals surface area (Å²) < 4.78 is 38.1. The molecular formula is C18H18F3N2O+. The minimum atomic E-state index is -4.30. The van der Waals surface area contributed by atoms with E-state index in [1.54, 1.807) is 6.07 Å². The van der Waals surface area contributed by atoms with Gasteiger partial charge >= 0.3 is 6.18 Å². The van der Waals surface area contributed by atoms with Crippen molar-refractivity contribution >= 4 is 5.71 Å². The van der Waals surface area contributed by atoms with Gasteiger partial charge in [0, 0.05) is 12.0 Å². The van der Waals surface area contributed by atoms with Gasteiger partial charge < -0.3 is 10.2 Å². The average molecular weight is 335 g/mol. The number of hydrogen-bond donors (Lipinski definition) is 1. The summed E-state index contributed by atoms with van der Waals surface area (Å²) >= 11 is 0. The zero-order valence-electron chi connectivity index (χ0n) is 13.0. The number of benzene rings is 2. The van der Waals surface area contributed by atoms with Crippen molar-refractivity contribution in [2.75, 3.05) is 6.54 Å². The van der Waals surface area contributed by atoms with Crippen molar-refractivity contribution in [2.45, 2.75) is 25.2 Å². The molecule has 0 aromatic heterocycles. The molecule has 0 amide bonds. The molecule has 1 heterocycles. The highest BCUT2D eigenvalue weighted by atomic mass is 19.4. The largest absolute Gasteiger partial charge is 0.416 e. The van der Waals surface area contributed by atoms with Crippen molar-refractivity contribution in [2.24, 2.45) is 5.16 Å². The van der Waals surface area contributed by atoms with Gasteiger partial charge in [-0.05, 0) is 17.7 Å². The molecule has 6 heteroatoms. The van der Waals surface area contributed by atoms with E-state index in [0.29, 0.717) is 25.1 Å². The Bertz CT molecular complexity index is 714. The normalized spacial score (nSPS) is 17.5. The van der Waals surface area contributed by atoms with Crippen molar-refractivity contribution in [3.8, 4) is 0 Å². The monoisotopic (exact) mass is 335 g/mol. The summed E-state index contributed by atoms with van der Waals surface area (Å²) in [4.78, 5) is 5.41. The third-order valence-corrected chi connectivity index (χ3v) is 3.90. The Morgan fingerprint density at radius 2 is 1.88 bits per heavy atom. The fraction of sp³-hybridized carbons (Fsp3) is 0.278. The Morgan fingerprint density at radius 1 is 1.08 bits per heavy atom. The van der Waals surface area contributed by atoms with Crippen LogP contribution in [-0.2, 0) is 17.6 Å². The predicted octanol–water partition coefficient (Wildman–Crippen LogP) is 2.96. The van der Waals surface area contributed by atoms with Crippen LogP contribution in [0.15, 0.2) is 59.8 Å². The smallest absolute Gasteiger partial charge is 0.386 e. The first-order valence-electron chi connectivity index (χ1n) is 7.78. The Hall–Kier alpha value is -2.34. The molecule has 24 heavy (non-hydrogen) atoms. The first kappa shape index (κ1) is 16.5. The molecular weight excluding hydrogens is 317 g/mol. The molecule has 0 saturated heterocycles. The van der Waals surface area contributed by atoms with Gasteiger partial charge in [-0.2, -0.15) is 13.2 Å². The van der Waals surface area contributed by atoms with Crippen LogP contribution in [0.5, 0.6) is 0 Å². The fourth-order valence-electron chi connectivity index (χ4n) is 2.67. The highest BCUT2D eigenvalue weighted by Gasteiger charge is 2.30. The van der Waals surface area contributed by atoms with E-state index in [0.717, 1.165) is 17.3 Å². The summed E-state index contributed by atoms with van der Waals surface area (Å²) in [6, 6.07) is 15.2. The summed E-state index contributed by atoms with van der Waals surface area (Å²) in [6.07, 6.45) is -3.64. The molecule has 0 spiro atoms. The molecule has 1 aliphatic heterocycles. The number of hydrogen-bond acceptors (Lipinski definition) is 2. The highest BCUT2D eigenvalue weighted by Crippen LogP contribution is 2.29. The van der Waals surface area contributed by atoms with Crippen LogP contribution in [0.25, 0.3) is 0 Å². The van der Waals surface area contributed by atoms with E-state index in [9.17, 15) is 13.2 Å². The Kier molecular flexibility index (Phi) is 4.85. The van der Waals surface area contributed by atoms with Gasteiger partial charge in [0.1, 0.15) is 13.1 Å². The van der Waals surface area contributed by atoms with E-state index in [4.69, 9.17) is 4.84 Å². The van der Waals surface area contributed by atoms with Gasteiger partial charge in [0.15, 0.2) is 6.10 Å². The van der Waals surface area contributed by atoms with Gasteiger partial charge in [-0.3, -0.25) is 0 Å². The number of halogens is 3. The molecule has 2 aromatic carbocycles. The SMILES string of the molecule is FC(F)(F)c1cccc(C[NH2+]C[C@@H]2CC(c3ccccc3)=NO2)c1. The number of alkyl halides is 3. The number of nitrogens with zero attached hydrogens (tertiary/aromatic N) is 1. The summed E-state index contributed by atoms with van der Waals surface area (Å²) in [5.41, 5.74) is 1.98. The second kappa shape index (κ2) is 7.05. The van der Waals surface area contributed by atoms with Crippen molar-refractivity contribution in [1.29, 1.82) is 0 Å². The maximum absolute atomic E-state index is 12.7. The highest BCUT2D eigenvalue weighted by molar-refractivity contribution is 6.01. The van der Waals surface area contributed by atoms with Crippen LogP contribution in [0.1, 0.15) is 23.1 Å². The van der Waals surface area contributed by atoms with Crippen molar-refractivity contribution < 1.29 is 23.3 Å². The van der Waals surface area contributed by atoms with Crippen LogP contribution in [0, 0.1) is 0 Å². The van der Waals surface area contributed by atoms with Crippen LogP contribution in [0.2, 0.25) is 0 Å². The molecule has 0 saturated carbocycles. The lowest BCUT2D eigenvalue weighted by atomic mass is 10.1. The van der Waals surface area contributed by atoms with Crippen LogP contribution in [0.3, 0.4) is 0 Å². The molecule has 3 nitrogen and oxygen atoms in total. The molecule has 126 valence electrons. The molecule has 0 aliphatic carbocycles. The number of rotatable bonds is 5. The average Bonchev–Trinajstić information content (AvgIpc) is 3.04. The van der Waals surface area contributed by atoms with E-state index in [2.05, 4.69) is 5.16 Å². The van der Waals surface area contributed by atoms with Crippen molar-refractivity contribution in [3.63, 3.8) is 0 Å². The summed E-state index contributed by atoms with van der Waals surface area (Å²) in [7, 11) is 0. The quantitative estimate of drug-likeness (QED) is 0.896. The molecule has 1 aliphatic rings. The molecule has 0 bridgehead atoms. The molecule has 0 unspecified atom stereocenters. The van der Waals surface area contributed by atoms with Gasteiger partial charge in [-0.1, -0.05) is 47.6 Å². The van der Waals surface area contributed by atoms with Gasteiger partial charge in [0.05, 0.1) is 11.3 Å². The van der Waals surface area contributed by atoms with E-state index in [-0.39, 0.29) is 6.10 Å². The first-order chi connectivity index (χ1) is 11.5. The minimum absolute atomic E-state index is 0.0500. The first-order valence-corrected chi connectivity index (χ1v) is 7.78. The zero-order valence-corrected chi connectivity index (χ0v) is 13.0. The van der Waals surface area contributed by atoms with Crippen LogP contribution in [0.4, 0.5) is 13.2 Å². The van der Waals surface area contributed by atoms with Crippen molar-refractivity contribution in [1.82, 2.24) is 0 Å². The summed E-state index contributed by atoms with van der Waals surface area (Å²) in [5, 5.41) is 6.06. The Balaban J connectivity index is 1.48. The molecule has 0 radical (unpaired) electrons. The van der Waals surface area contributed by atoms with Gasteiger partial charge in [0.2, 0.25) is 0 Å². The Morgan fingerprint density at radius 3 is 2.62 bits per heavy atom. The fourth-order valence-corrected chi connectivity index (χ4v) is 2.67. The summed E-state index contributed by atoms with van der Waals surface area (Å²) in [6.45, 7) is 1.13. The van der Waals surface area contributed by atoms with Crippen molar-refractivity contribution in [3.05, 3.63) is 71.3 Å². The van der Waals surface area contributed by atoms with Crippen LogP contribution < -0.4 is 5.32 Å². The van der Waals surface area contributed by atoms with E-state index in [1.807, 2.05) is 35.6 Å². The van der Waals surface area contributed by atoms with Crippen LogP contribution >= 0.6 is 0 Å². The number of oxime groups is 1. The zero-order chi connectivity index (χ0) is 17.0. The lowest BCUT2D eigenvalue weighted by Gasteiger charge is -2.09. The maximum atomic E-state index is 12.7. The molecule has 2 N–H and O–H groups in total. The lowest BCUT2D eigenvalue weighted by Crippen LogP contribution is -2.84. The third-order valence-electron chi connectivity index (χ3n) is 3.90. The summed E-state index contributed by atoms with van der Waals surface area (Å²) in [5.74, 6) is 0. The van der Waals surface area contributed by atoms with Gasteiger partial charge in [-0.15, -0.1) is 0 Å². The van der Waals surface area contributed by atoms with E-state index < -0.39 is 11.7 Å². The lowest BCUT2D eigenvalue weighted by molar-refractivity contribution is -0.676. The topological polar surface area (TPSA) is 38.2 Å². The van der Waals surface area contributed by atoms with E-state index >= 15 is 0 Å². The molecule has 3 rings (SSSR count). The van der Waals surface area contributed by atoms with Gasteiger partial charge in [0.25, 0.3) is 0 Å². The molecule has 0 fully saturated rings. The molecule has 2 aromatic rings. The second-order valence-electron chi connectivity index (χ2n) is 5.76. The number of quaternary nitrogens is 1.